The van der Waals surface area contributed by atoms with Crippen molar-refractivity contribution in [3.05, 3.63) is 66.5 Å². The number of rotatable bonds is 14. The number of carbonyl (C=O) groups excluding carboxylic acids is 3. The van der Waals surface area contributed by atoms with Gasteiger partial charge in [0.2, 0.25) is 18.2 Å². The summed E-state index contributed by atoms with van der Waals surface area (Å²) in [7, 11) is 2.69. The Bertz CT molecular complexity index is 2450. The zero-order chi connectivity index (χ0) is 44.7. The molecule has 3 amide bonds. The van der Waals surface area contributed by atoms with Gasteiger partial charge in [0.25, 0.3) is 0 Å². The Balaban J connectivity index is 1.05. The number of aromatic nitrogens is 5. The summed E-state index contributed by atoms with van der Waals surface area (Å²) in [6, 6.07) is 13.2. The Morgan fingerprint density at radius 3 is 1.98 bits per heavy atom. The van der Waals surface area contributed by atoms with E-state index in [1.165, 1.54) is 14.2 Å². The number of nitrogens with one attached hydrogen (secondary N) is 4. The van der Waals surface area contributed by atoms with Gasteiger partial charge in [-0.3, -0.25) is 14.9 Å². The van der Waals surface area contributed by atoms with Crippen LogP contribution in [0.4, 0.5) is 4.79 Å². The summed E-state index contributed by atoms with van der Waals surface area (Å²) < 4.78 is 19.0. The lowest BCUT2D eigenvalue weighted by Crippen LogP contribution is -2.52. The number of likely N-dealkylation sites (tertiary alicyclic amines) is 2. The van der Waals surface area contributed by atoms with Crippen molar-refractivity contribution in [1.29, 1.82) is 0 Å². The number of aliphatic hydroxyl groups excluding tert-OH is 1. The lowest BCUT2D eigenvalue weighted by atomic mass is 10.0. The highest BCUT2D eigenvalue weighted by atomic mass is 16.6. The second kappa shape index (κ2) is 18.2. The topological polar surface area (TPSA) is 192 Å². The van der Waals surface area contributed by atoms with Crippen molar-refractivity contribution in [3.63, 3.8) is 0 Å². The molecule has 3 aliphatic heterocycles. The number of aromatic amines is 2. The number of ether oxygens (including phenoxy) is 3. The summed E-state index contributed by atoms with van der Waals surface area (Å²) in [5.41, 5.74) is 6.73. The van der Waals surface area contributed by atoms with Crippen molar-refractivity contribution in [1.82, 2.24) is 44.9 Å². The molecule has 0 saturated carbocycles. The molecule has 2 aromatic carbocycles. The lowest BCUT2D eigenvalue weighted by molar-refractivity contribution is -0.145. The molecule has 16 nitrogen and oxygen atoms in total. The number of hydrogen-bond acceptors (Lipinski definition) is 10. The van der Waals surface area contributed by atoms with Crippen LogP contribution >= 0.6 is 0 Å². The summed E-state index contributed by atoms with van der Waals surface area (Å²) in [5, 5.41) is 16.8. The maximum atomic E-state index is 13.8. The van der Waals surface area contributed by atoms with Crippen molar-refractivity contribution >= 4 is 28.8 Å². The van der Waals surface area contributed by atoms with E-state index in [1.807, 2.05) is 49.9 Å². The molecule has 2 fully saturated rings. The Morgan fingerprint density at radius 1 is 0.825 bits per heavy atom. The van der Waals surface area contributed by atoms with Gasteiger partial charge in [-0.25, -0.2) is 14.8 Å². The van der Waals surface area contributed by atoms with E-state index in [0.29, 0.717) is 24.8 Å². The maximum Gasteiger partial charge on any atom is 0.407 e. The fourth-order valence-electron chi connectivity index (χ4n) is 9.44. The molecule has 0 aliphatic carbocycles. The van der Waals surface area contributed by atoms with Crippen molar-refractivity contribution in [2.24, 2.45) is 17.8 Å². The van der Waals surface area contributed by atoms with Crippen LogP contribution in [0.1, 0.15) is 104 Å². The smallest absolute Gasteiger partial charge is 0.407 e. The van der Waals surface area contributed by atoms with Gasteiger partial charge in [0.1, 0.15) is 23.4 Å². The van der Waals surface area contributed by atoms with Gasteiger partial charge in [-0.2, -0.15) is 0 Å². The summed E-state index contributed by atoms with van der Waals surface area (Å²) in [5.74, 6) is 2.19. The van der Waals surface area contributed by atoms with E-state index in [9.17, 15) is 19.5 Å². The summed E-state index contributed by atoms with van der Waals surface area (Å²) in [6.45, 7) is 13.3. The molecule has 3 aliphatic rings. The third kappa shape index (κ3) is 8.68. The number of carbonyl (C=O) groups is 3. The van der Waals surface area contributed by atoms with Crippen molar-refractivity contribution in [2.45, 2.75) is 110 Å². The molecule has 2 saturated heterocycles. The zero-order valence-corrected chi connectivity index (χ0v) is 37.5. The zero-order valence-electron chi connectivity index (χ0n) is 37.5. The number of amides is 3. The Hall–Kier alpha value is -5.71. The maximum absolute atomic E-state index is 13.8. The number of H-pyrrole nitrogens is 2. The molecule has 2 unspecified atom stereocenters. The molecule has 63 heavy (non-hydrogen) atoms. The van der Waals surface area contributed by atoms with Crippen LogP contribution in [-0.4, -0.2) is 103 Å². The van der Waals surface area contributed by atoms with Crippen LogP contribution in [-0.2, 0) is 19.1 Å². The van der Waals surface area contributed by atoms with Crippen LogP contribution in [0.2, 0.25) is 0 Å². The minimum Gasteiger partial charge on any atom is -0.469 e. The number of methoxy groups -OCH3 is 2. The predicted octanol–water partition coefficient (Wildman–Crippen LogP) is 7.27. The second-order valence-corrected chi connectivity index (χ2v) is 18.2. The van der Waals surface area contributed by atoms with Gasteiger partial charge in [0.05, 0.1) is 60.2 Å². The monoisotopic (exact) mass is 863 g/mol. The van der Waals surface area contributed by atoms with Crippen LogP contribution in [0.15, 0.2) is 54.9 Å². The predicted molar refractivity (Wildman–Crippen MR) is 238 cm³/mol. The molecule has 8 rings (SSSR count). The number of benzene rings is 2. The van der Waals surface area contributed by atoms with E-state index in [1.54, 1.807) is 0 Å². The average Bonchev–Trinajstić information content (AvgIpc) is 4.12. The highest BCUT2D eigenvalue weighted by molar-refractivity contribution is 5.92. The number of aliphatic hydroxyl groups is 1. The summed E-state index contributed by atoms with van der Waals surface area (Å²) >= 11 is 0. The molecular weight excluding hydrogens is 803 g/mol. The van der Waals surface area contributed by atoms with Crippen LogP contribution < -0.4 is 15.4 Å². The van der Waals surface area contributed by atoms with Crippen LogP contribution in [0, 0.1) is 17.8 Å². The molecule has 5 N–H and O–H groups in total. The largest absolute Gasteiger partial charge is 0.469 e. The van der Waals surface area contributed by atoms with Crippen LogP contribution in [0.5, 0.6) is 5.75 Å². The van der Waals surface area contributed by atoms with Gasteiger partial charge in [0.15, 0.2) is 6.23 Å². The van der Waals surface area contributed by atoms with Gasteiger partial charge in [-0.05, 0) is 73.8 Å². The summed E-state index contributed by atoms with van der Waals surface area (Å²) in [6.07, 6.45) is 5.61. The van der Waals surface area contributed by atoms with Crippen LogP contribution in [0.25, 0.3) is 44.7 Å². The first-order valence-corrected chi connectivity index (χ1v) is 22.2. The first-order chi connectivity index (χ1) is 30.3. The average molecular weight is 864 g/mol. The number of imidazole rings is 2. The summed E-state index contributed by atoms with van der Waals surface area (Å²) in [4.78, 5) is 59.9. The number of fused-ring (bicyclic) bond motifs is 5. The molecule has 6 atom stereocenters. The number of alkyl carbamates (subject to hydrolysis) is 1. The number of hydrogen-bond donors (Lipinski definition) is 5. The molecule has 336 valence electrons. The van der Waals surface area contributed by atoms with E-state index >= 15 is 0 Å². The molecular formula is C47H61N9O7. The van der Waals surface area contributed by atoms with E-state index < -0.39 is 24.6 Å². The third-order valence-corrected chi connectivity index (χ3v) is 12.7. The van der Waals surface area contributed by atoms with E-state index in [2.05, 4.69) is 81.5 Å². The van der Waals surface area contributed by atoms with Crippen molar-refractivity contribution < 1.29 is 33.7 Å². The van der Waals surface area contributed by atoms with Crippen molar-refractivity contribution in [3.8, 4) is 39.5 Å². The van der Waals surface area contributed by atoms with E-state index in [-0.39, 0.29) is 42.0 Å². The fraction of sp³-hybridized carbons (Fsp3) is 0.511. The highest BCUT2D eigenvalue weighted by Crippen LogP contribution is 2.46. The number of nitrogens with zero attached hydrogens (tertiary/aromatic N) is 5. The SMILES string of the molecule is COC(=O)N[C@H](C(=O)N1CCC[C@H]1c1ncc(-c2ccc3c(c2)OC(CC(C)C)n2c-3cc3cc(-c4cnc([C@@H]5CCCN5C(=O)[C@@H](NC(O)OC)C(C)C)[nH]4)ccc32)[nH]1)C(C)C. The lowest BCUT2D eigenvalue weighted by Gasteiger charge is -2.31. The Morgan fingerprint density at radius 2 is 1.41 bits per heavy atom. The van der Waals surface area contributed by atoms with Crippen LogP contribution in [0.3, 0.4) is 0 Å². The first-order valence-electron chi connectivity index (χ1n) is 22.2. The molecule has 0 spiro atoms. The Labute approximate surface area is 368 Å². The normalized spacial score (nSPS) is 20.0. The minimum atomic E-state index is -1.24. The minimum absolute atomic E-state index is 0.0589. The van der Waals surface area contributed by atoms with E-state index in [0.717, 1.165) is 88.4 Å². The second-order valence-electron chi connectivity index (χ2n) is 18.2. The molecule has 16 heteroatoms. The molecule has 0 radical (unpaired) electrons. The highest BCUT2D eigenvalue weighted by Gasteiger charge is 2.39. The fourth-order valence-corrected chi connectivity index (χ4v) is 9.44. The third-order valence-electron chi connectivity index (χ3n) is 12.7. The van der Waals surface area contributed by atoms with Gasteiger partial charge in [0, 0.05) is 48.7 Å². The van der Waals surface area contributed by atoms with Gasteiger partial charge in [-0.15, -0.1) is 0 Å². The van der Waals surface area contributed by atoms with Gasteiger partial charge < -0.3 is 49.0 Å². The quantitative estimate of drug-likeness (QED) is 0.0710. The molecule has 6 heterocycles. The molecule has 5 aromatic rings. The molecule has 0 bridgehead atoms. The van der Waals surface area contributed by atoms with Gasteiger partial charge in [-0.1, -0.05) is 53.7 Å². The van der Waals surface area contributed by atoms with E-state index in [4.69, 9.17) is 24.2 Å². The van der Waals surface area contributed by atoms with Crippen molar-refractivity contribution in [2.75, 3.05) is 27.3 Å². The standard InChI is InChI=1S/C47H61N9O7/c1-25(2)19-39-56-34-16-14-28(32-23-48-42(50-32)35-11-9-17-54(35)44(57)40(26(3)4)52-46(59)61-7)20-30(34)21-37(56)31-15-13-29(22-38(31)63-39)33-24-49-43(51-33)36-12-10-18-55(36)45(58)41(27(5)6)53-47(60)62-8/h13-16,20-27,35-36,39-41,46,52,59H,9-12,17-19H2,1-8H3,(H,48,50)(H,49,51)(H,53,60)/t35-,36-,39?,40-,41-,46?/m0/s1. The molecule has 3 aromatic heterocycles. The van der Waals surface area contributed by atoms with Gasteiger partial charge >= 0.3 is 6.09 Å². The Kier molecular flexibility index (Phi) is 12.7. The first kappa shape index (κ1) is 43.9.